The van der Waals surface area contributed by atoms with Crippen molar-refractivity contribution in [2.24, 2.45) is 5.92 Å². The first-order valence-corrected chi connectivity index (χ1v) is 11.0. The van der Waals surface area contributed by atoms with Crippen molar-refractivity contribution < 1.29 is 28.7 Å². The van der Waals surface area contributed by atoms with Gasteiger partial charge >= 0.3 is 0 Å². The SMILES string of the molecule is CC(C)COCCCOCCNC(=O)CC(=O)Nc1ccc(CC(=O)N2CCC2=O)cc1. The fourth-order valence-electron chi connectivity index (χ4n) is 2.91. The van der Waals surface area contributed by atoms with Gasteiger partial charge in [0.25, 0.3) is 0 Å². The first-order valence-electron chi connectivity index (χ1n) is 11.0. The second-order valence-electron chi connectivity index (χ2n) is 8.07. The van der Waals surface area contributed by atoms with Crippen LogP contribution in [0.15, 0.2) is 24.3 Å². The smallest absolute Gasteiger partial charge is 0.233 e. The van der Waals surface area contributed by atoms with Gasteiger partial charge in [-0.15, -0.1) is 0 Å². The van der Waals surface area contributed by atoms with Crippen LogP contribution >= 0.6 is 0 Å². The largest absolute Gasteiger partial charge is 0.381 e. The monoisotopic (exact) mass is 447 g/mol. The van der Waals surface area contributed by atoms with Gasteiger partial charge in [-0.2, -0.15) is 0 Å². The highest BCUT2D eigenvalue weighted by Gasteiger charge is 2.29. The normalized spacial score (nSPS) is 13.1. The number of carbonyl (C=O) groups is 4. The van der Waals surface area contributed by atoms with Gasteiger partial charge in [0.15, 0.2) is 0 Å². The third-order valence-electron chi connectivity index (χ3n) is 4.66. The molecule has 1 aromatic carbocycles. The number of nitrogens with one attached hydrogen (secondary N) is 2. The maximum absolute atomic E-state index is 12.0. The minimum Gasteiger partial charge on any atom is -0.381 e. The number of carbonyl (C=O) groups excluding carboxylic acids is 4. The third-order valence-corrected chi connectivity index (χ3v) is 4.66. The highest BCUT2D eigenvalue weighted by atomic mass is 16.5. The van der Waals surface area contributed by atoms with Crippen molar-refractivity contribution in [1.29, 1.82) is 0 Å². The lowest BCUT2D eigenvalue weighted by Gasteiger charge is -2.28. The van der Waals surface area contributed by atoms with Gasteiger partial charge in [0.05, 0.1) is 13.0 Å². The molecule has 0 spiro atoms. The van der Waals surface area contributed by atoms with E-state index in [0.29, 0.717) is 50.9 Å². The van der Waals surface area contributed by atoms with Gasteiger partial charge in [-0.05, 0) is 30.0 Å². The van der Waals surface area contributed by atoms with Crippen LogP contribution in [0.2, 0.25) is 0 Å². The van der Waals surface area contributed by atoms with Crippen molar-refractivity contribution in [2.75, 3.05) is 44.8 Å². The number of imide groups is 1. The Labute approximate surface area is 188 Å². The van der Waals surface area contributed by atoms with Crippen LogP contribution in [0.1, 0.15) is 38.7 Å². The molecule has 1 fully saturated rings. The van der Waals surface area contributed by atoms with Gasteiger partial charge in [0.2, 0.25) is 23.6 Å². The molecule has 9 nitrogen and oxygen atoms in total. The summed E-state index contributed by atoms with van der Waals surface area (Å²) in [6, 6.07) is 6.75. The van der Waals surface area contributed by atoms with Crippen LogP contribution in [-0.2, 0) is 35.1 Å². The molecule has 1 aliphatic rings. The van der Waals surface area contributed by atoms with E-state index in [1.807, 2.05) is 0 Å². The summed E-state index contributed by atoms with van der Waals surface area (Å²) < 4.78 is 10.9. The van der Waals surface area contributed by atoms with E-state index in [2.05, 4.69) is 24.5 Å². The van der Waals surface area contributed by atoms with E-state index < -0.39 is 5.91 Å². The van der Waals surface area contributed by atoms with Gasteiger partial charge in [0, 0.05) is 45.0 Å². The highest BCUT2D eigenvalue weighted by molar-refractivity contribution is 6.03. The van der Waals surface area contributed by atoms with E-state index in [-0.39, 0.29) is 30.6 Å². The van der Waals surface area contributed by atoms with Crippen LogP contribution < -0.4 is 10.6 Å². The molecule has 0 bridgehead atoms. The van der Waals surface area contributed by atoms with Crippen LogP contribution in [0.25, 0.3) is 0 Å². The Bertz CT molecular complexity index is 778. The number of benzene rings is 1. The number of hydrogen-bond acceptors (Lipinski definition) is 6. The molecule has 4 amide bonds. The molecule has 9 heteroatoms. The lowest BCUT2D eigenvalue weighted by Crippen LogP contribution is -2.48. The Kier molecular flexibility index (Phi) is 10.8. The summed E-state index contributed by atoms with van der Waals surface area (Å²) in [4.78, 5) is 48.4. The number of likely N-dealkylation sites (tertiary alicyclic amines) is 1. The summed E-state index contributed by atoms with van der Waals surface area (Å²) in [6.07, 6.45) is 1.06. The lowest BCUT2D eigenvalue weighted by atomic mass is 10.1. The molecule has 1 heterocycles. The van der Waals surface area contributed by atoms with Crippen molar-refractivity contribution in [3.05, 3.63) is 29.8 Å². The number of amides is 4. The number of nitrogens with zero attached hydrogens (tertiary/aromatic N) is 1. The summed E-state index contributed by atoms with van der Waals surface area (Å²) >= 11 is 0. The van der Waals surface area contributed by atoms with Crippen LogP contribution in [0.5, 0.6) is 0 Å². The molecule has 32 heavy (non-hydrogen) atoms. The molecule has 0 aromatic heterocycles. The Hall–Kier alpha value is -2.78. The third kappa shape index (κ3) is 9.57. The first-order chi connectivity index (χ1) is 15.3. The lowest BCUT2D eigenvalue weighted by molar-refractivity contribution is -0.152. The zero-order valence-electron chi connectivity index (χ0n) is 18.9. The highest BCUT2D eigenvalue weighted by Crippen LogP contribution is 2.14. The molecule has 0 aliphatic carbocycles. The van der Waals surface area contributed by atoms with Crippen molar-refractivity contribution in [3.8, 4) is 0 Å². The van der Waals surface area contributed by atoms with E-state index in [1.165, 1.54) is 4.90 Å². The molecule has 0 saturated carbocycles. The topological polar surface area (TPSA) is 114 Å². The van der Waals surface area contributed by atoms with Crippen molar-refractivity contribution >= 4 is 29.3 Å². The summed E-state index contributed by atoms with van der Waals surface area (Å²) in [5.74, 6) is -0.663. The van der Waals surface area contributed by atoms with E-state index in [4.69, 9.17) is 9.47 Å². The van der Waals surface area contributed by atoms with Gasteiger partial charge in [-0.3, -0.25) is 24.1 Å². The predicted octanol–water partition coefficient (Wildman–Crippen LogP) is 1.51. The van der Waals surface area contributed by atoms with E-state index in [0.717, 1.165) is 18.6 Å². The van der Waals surface area contributed by atoms with E-state index in [9.17, 15) is 19.2 Å². The minimum atomic E-state index is -0.430. The molecule has 2 rings (SSSR count). The van der Waals surface area contributed by atoms with E-state index in [1.54, 1.807) is 24.3 Å². The predicted molar refractivity (Wildman–Crippen MR) is 119 cm³/mol. The second kappa shape index (κ2) is 13.6. The second-order valence-corrected chi connectivity index (χ2v) is 8.07. The van der Waals surface area contributed by atoms with Crippen LogP contribution in [0.3, 0.4) is 0 Å². The van der Waals surface area contributed by atoms with Gasteiger partial charge in [-0.25, -0.2) is 0 Å². The Balaban J connectivity index is 1.55. The fourth-order valence-corrected chi connectivity index (χ4v) is 2.91. The average Bonchev–Trinajstić information content (AvgIpc) is 2.72. The summed E-state index contributed by atoms with van der Waals surface area (Å²) in [5, 5.41) is 5.30. The zero-order chi connectivity index (χ0) is 23.3. The molecular formula is C23H33N3O6. The van der Waals surface area contributed by atoms with Gasteiger partial charge in [-0.1, -0.05) is 26.0 Å². The Morgan fingerprint density at radius 2 is 1.75 bits per heavy atom. The standard InChI is InChI=1S/C23H33N3O6/c1-17(2)16-32-12-3-11-31-13-9-24-20(27)15-21(28)25-19-6-4-18(5-7-19)14-23(30)26-10-8-22(26)29/h4-7,17H,3,8-16H2,1-2H3,(H,24,27)(H,25,28). The quantitative estimate of drug-likeness (QED) is 0.254. The molecule has 0 radical (unpaired) electrons. The van der Waals surface area contributed by atoms with Crippen molar-refractivity contribution in [2.45, 2.75) is 39.5 Å². The number of anilines is 1. The van der Waals surface area contributed by atoms with Gasteiger partial charge in [0.1, 0.15) is 6.42 Å². The molecule has 1 saturated heterocycles. The maximum Gasteiger partial charge on any atom is 0.233 e. The Morgan fingerprint density at radius 1 is 1.03 bits per heavy atom. The maximum atomic E-state index is 12.0. The molecular weight excluding hydrogens is 414 g/mol. The number of ether oxygens (including phenoxy) is 2. The molecule has 0 atom stereocenters. The van der Waals surface area contributed by atoms with Crippen LogP contribution in [0, 0.1) is 5.92 Å². The van der Waals surface area contributed by atoms with Crippen molar-refractivity contribution in [1.82, 2.24) is 10.2 Å². The molecule has 176 valence electrons. The van der Waals surface area contributed by atoms with E-state index >= 15 is 0 Å². The average molecular weight is 448 g/mol. The summed E-state index contributed by atoms with van der Waals surface area (Å²) in [5.41, 5.74) is 1.28. The first kappa shape index (κ1) is 25.5. The van der Waals surface area contributed by atoms with Crippen LogP contribution in [-0.4, -0.2) is 68.0 Å². The Morgan fingerprint density at radius 3 is 2.38 bits per heavy atom. The number of β-lactam (4-membered cyclic amide) rings is 1. The minimum absolute atomic E-state index is 0.134. The molecule has 1 aromatic rings. The molecule has 0 unspecified atom stereocenters. The van der Waals surface area contributed by atoms with Crippen LogP contribution in [0.4, 0.5) is 5.69 Å². The molecule has 1 aliphatic heterocycles. The number of rotatable bonds is 14. The summed E-state index contributed by atoms with van der Waals surface area (Å²) in [7, 11) is 0. The van der Waals surface area contributed by atoms with Gasteiger partial charge < -0.3 is 20.1 Å². The number of hydrogen-bond donors (Lipinski definition) is 2. The van der Waals surface area contributed by atoms with Crippen molar-refractivity contribution in [3.63, 3.8) is 0 Å². The zero-order valence-corrected chi connectivity index (χ0v) is 18.9. The molecule has 2 N–H and O–H groups in total. The fraction of sp³-hybridized carbons (Fsp3) is 0.565. The summed E-state index contributed by atoms with van der Waals surface area (Å²) in [6.45, 7) is 7.34.